The summed E-state index contributed by atoms with van der Waals surface area (Å²) >= 11 is 7.31. The van der Waals surface area contributed by atoms with Crippen LogP contribution in [0, 0.1) is 5.92 Å². The van der Waals surface area contributed by atoms with Crippen molar-refractivity contribution in [2.75, 3.05) is 39.4 Å². The van der Waals surface area contributed by atoms with E-state index in [0.717, 1.165) is 50.7 Å². The van der Waals surface area contributed by atoms with Crippen molar-refractivity contribution in [1.82, 2.24) is 9.80 Å². The maximum absolute atomic E-state index is 12.6. The smallest absolute Gasteiger partial charge is 0.264 e. The van der Waals surface area contributed by atoms with Crippen LogP contribution in [0.5, 0.6) is 0 Å². The minimum Gasteiger partial charge on any atom is -0.379 e. The van der Waals surface area contributed by atoms with Crippen LogP contribution in [-0.2, 0) is 4.74 Å². The molecule has 0 aliphatic carbocycles. The number of hydrogen-bond acceptors (Lipinski definition) is 4. The molecule has 3 rings (SSSR count). The van der Waals surface area contributed by atoms with E-state index < -0.39 is 0 Å². The highest BCUT2D eigenvalue weighted by molar-refractivity contribution is 7.17. The van der Waals surface area contributed by atoms with Gasteiger partial charge in [-0.3, -0.25) is 9.69 Å². The summed E-state index contributed by atoms with van der Waals surface area (Å²) in [7, 11) is 0. The summed E-state index contributed by atoms with van der Waals surface area (Å²) in [5.74, 6) is 0.684. The number of morpholine rings is 1. The number of carbonyl (C=O) groups is 1. The van der Waals surface area contributed by atoms with Crippen molar-refractivity contribution in [3.05, 3.63) is 21.3 Å². The predicted molar refractivity (Wildman–Crippen MR) is 85.2 cm³/mol. The molecule has 2 unspecified atom stereocenters. The Hall–Kier alpha value is -0.620. The predicted octanol–water partition coefficient (Wildman–Crippen LogP) is 2.58. The van der Waals surface area contributed by atoms with E-state index in [0.29, 0.717) is 16.3 Å². The lowest BCUT2D eigenvalue weighted by atomic mass is 9.99. The standard InChI is InChI=1S/C15H21ClN2O2S/c1-2-11-9-18(15(19)13-3-4-14(16)21-13)10-12(11)17-5-7-20-8-6-17/h3-4,11-12H,2,5-10H2,1H3. The van der Waals surface area contributed by atoms with Crippen LogP contribution in [0.15, 0.2) is 12.1 Å². The summed E-state index contributed by atoms with van der Waals surface area (Å²) < 4.78 is 6.11. The Balaban J connectivity index is 1.69. The average molecular weight is 329 g/mol. The Morgan fingerprint density at radius 2 is 2.14 bits per heavy atom. The monoisotopic (exact) mass is 328 g/mol. The topological polar surface area (TPSA) is 32.8 Å². The van der Waals surface area contributed by atoms with Gasteiger partial charge in [-0.1, -0.05) is 24.9 Å². The molecular weight excluding hydrogens is 308 g/mol. The zero-order valence-corrected chi connectivity index (χ0v) is 13.8. The highest BCUT2D eigenvalue weighted by Gasteiger charge is 2.38. The number of amides is 1. The summed E-state index contributed by atoms with van der Waals surface area (Å²) in [6.45, 7) is 7.47. The molecule has 2 saturated heterocycles. The lowest BCUT2D eigenvalue weighted by Crippen LogP contribution is -2.47. The molecule has 0 bridgehead atoms. The third kappa shape index (κ3) is 3.26. The fraction of sp³-hybridized carbons (Fsp3) is 0.667. The summed E-state index contributed by atoms with van der Waals surface area (Å²) in [6, 6.07) is 4.10. The largest absolute Gasteiger partial charge is 0.379 e. The van der Waals surface area contributed by atoms with Crippen molar-refractivity contribution in [1.29, 1.82) is 0 Å². The number of rotatable bonds is 3. The van der Waals surface area contributed by atoms with Crippen LogP contribution in [0.2, 0.25) is 4.34 Å². The Bertz CT molecular complexity index is 502. The maximum atomic E-state index is 12.6. The van der Waals surface area contributed by atoms with Crippen LogP contribution >= 0.6 is 22.9 Å². The van der Waals surface area contributed by atoms with E-state index >= 15 is 0 Å². The molecule has 0 aromatic carbocycles. The minimum atomic E-state index is 0.126. The molecule has 21 heavy (non-hydrogen) atoms. The quantitative estimate of drug-likeness (QED) is 0.855. The van der Waals surface area contributed by atoms with E-state index in [9.17, 15) is 4.79 Å². The maximum Gasteiger partial charge on any atom is 0.264 e. The number of carbonyl (C=O) groups excluding carboxylic acids is 1. The molecule has 6 heteroatoms. The first kappa shape index (κ1) is 15.3. The van der Waals surface area contributed by atoms with Gasteiger partial charge in [0.05, 0.1) is 22.4 Å². The molecule has 2 fully saturated rings. The molecule has 2 atom stereocenters. The molecule has 0 N–H and O–H groups in total. The minimum absolute atomic E-state index is 0.126. The van der Waals surface area contributed by atoms with Crippen molar-refractivity contribution >= 4 is 28.8 Å². The van der Waals surface area contributed by atoms with E-state index in [-0.39, 0.29) is 5.91 Å². The van der Waals surface area contributed by atoms with Crippen LogP contribution in [0.25, 0.3) is 0 Å². The van der Waals surface area contributed by atoms with Gasteiger partial charge in [0.1, 0.15) is 0 Å². The molecule has 3 heterocycles. The van der Waals surface area contributed by atoms with Crippen LogP contribution in [0.3, 0.4) is 0 Å². The zero-order valence-electron chi connectivity index (χ0n) is 12.3. The fourth-order valence-electron chi connectivity index (χ4n) is 3.33. The zero-order chi connectivity index (χ0) is 14.8. The number of ether oxygens (including phenoxy) is 1. The molecule has 4 nitrogen and oxygen atoms in total. The lowest BCUT2D eigenvalue weighted by Gasteiger charge is -2.34. The Morgan fingerprint density at radius 1 is 1.38 bits per heavy atom. The molecule has 1 amide bonds. The van der Waals surface area contributed by atoms with Crippen molar-refractivity contribution in [2.45, 2.75) is 19.4 Å². The van der Waals surface area contributed by atoms with Crippen LogP contribution in [-0.4, -0.2) is 61.1 Å². The van der Waals surface area contributed by atoms with Gasteiger partial charge in [0, 0.05) is 32.2 Å². The molecule has 0 radical (unpaired) electrons. The molecule has 2 aliphatic rings. The normalized spacial score (nSPS) is 27.2. The molecule has 1 aromatic heterocycles. The lowest BCUT2D eigenvalue weighted by molar-refractivity contribution is 0.0103. The number of hydrogen-bond donors (Lipinski definition) is 0. The SMILES string of the molecule is CCC1CN(C(=O)c2ccc(Cl)s2)CC1N1CCOCC1. The molecule has 0 saturated carbocycles. The molecule has 1 aromatic rings. The summed E-state index contributed by atoms with van der Waals surface area (Å²) in [5.41, 5.74) is 0. The Kier molecular flexibility index (Phi) is 4.84. The second kappa shape index (κ2) is 6.65. The van der Waals surface area contributed by atoms with E-state index in [1.54, 1.807) is 6.07 Å². The van der Waals surface area contributed by atoms with Crippen molar-refractivity contribution in [3.8, 4) is 0 Å². The summed E-state index contributed by atoms with van der Waals surface area (Å²) in [4.78, 5) is 17.8. The molecular formula is C15H21ClN2O2S. The molecule has 0 spiro atoms. The number of thiophene rings is 1. The third-order valence-corrected chi connectivity index (χ3v) is 5.74. The van der Waals surface area contributed by atoms with Crippen molar-refractivity contribution in [2.24, 2.45) is 5.92 Å². The van der Waals surface area contributed by atoms with Gasteiger partial charge in [-0.2, -0.15) is 0 Å². The third-order valence-electron chi connectivity index (χ3n) is 4.52. The number of halogens is 1. The highest BCUT2D eigenvalue weighted by atomic mass is 35.5. The van der Waals surface area contributed by atoms with Gasteiger partial charge in [0.15, 0.2) is 0 Å². The second-order valence-electron chi connectivity index (χ2n) is 5.70. The second-order valence-corrected chi connectivity index (χ2v) is 7.41. The highest BCUT2D eigenvalue weighted by Crippen LogP contribution is 2.29. The number of likely N-dealkylation sites (tertiary alicyclic amines) is 1. The average Bonchev–Trinajstić information content (AvgIpc) is 3.13. The van der Waals surface area contributed by atoms with Gasteiger partial charge in [-0.05, 0) is 18.1 Å². The van der Waals surface area contributed by atoms with Crippen LogP contribution in [0.4, 0.5) is 0 Å². The van der Waals surface area contributed by atoms with Crippen molar-refractivity contribution < 1.29 is 9.53 Å². The first-order chi connectivity index (χ1) is 10.2. The summed E-state index contributed by atoms with van der Waals surface area (Å²) in [5, 5.41) is 0. The van der Waals surface area contributed by atoms with E-state index in [4.69, 9.17) is 16.3 Å². The van der Waals surface area contributed by atoms with Crippen LogP contribution in [0.1, 0.15) is 23.0 Å². The fourth-order valence-corrected chi connectivity index (χ4v) is 4.34. The Labute approximate surface area is 134 Å². The van der Waals surface area contributed by atoms with E-state index in [1.165, 1.54) is 11.3 Å². The van der Waals surface area contributed by atoms with Gasteiger partial charge in [-0.15, -0.1) is 11.3 Å². The van der Waals surface area contributed by atoms with Gasteiger partial charge >= 0.3 is 0 Å². The van der Waals surface area contributed by atoms with Gasteiger partial charge in [0.25, 0.3) is 5.91 Å². The van der Waals surface area contributed by atoms with E-state index in [1.807, 2.05) is 11.0 Å². The molecule has 116 valence electrons. The van der Waals surface area contributed by atoms with Gasteiger partial charge in [0.2, 0.25) is 0 Å². The molecule has 2 aliphatic heterocycles. The van der Waals surface area contributed by atoms with Crippen LogP contribution < -0.4 is 0 Å². The first-order valence-corrected chi connectivity index (χ1v) is 8.75. The number of nitrogens with zero attached hydrogens (tertiary/aromatic N) is 2. The Morgan fingerprint density at radius 3 is 2.76 bits per heavy atom. The van der Waals surface area contributed by atoms with Crippen molar-refractivity contribution in [3.63, 3.8) is 0 Å². The van der Waals surface area contributed by atoms with E-state index in [2.05, 4.69) is 11.8 Å². The van der Waals surface area contributed by atoms with Gasteiger partial charge < -0.3 is 9.64 Å². The summed E-state index contributed by atoms with van der Waals surface area (Å²) in [6.07, 6.45) is 1.11. The first-order valence-electron chi connectivity index (χ1n) is 7.55. The van der Waals surface area contributed by atoms with Gasteiger partial charge in [-0.25, -0.2) is 0 Å².